The van der Waals surface area contributed by atoms with Crippen molar-refractivity contribution >= 4 is 37.4 Å². The van der Waals surface area contributed by atoms with Gasteiger partial charge in [0.2, 0.25) is 0 Å². The molecule has 1 aromatic heterocycles. The van der Waals surface area contributed by atoms with Crippen molar-refractivity contribution in [3.63, 3.8) is 0 Å². The van der Waals surface area contributed by atoms with Gasteiger partial charge in [0.1, 0.15) is 0 Å². The smallest absolute Gasteiger partial charge is 0.180 e. The second-order valence-electron chi connectivity index (χ2n) is 4.56. The Morgan fingerprint density at radius 3 is 2.62 bits per heavy atom. The molecule has 0 radical (unpaired) electrons. The molecule has 0 bridgehead atoms. The highest BCUT2D eigenvalue weighted by Crippen LogP contribution is 2.23. The zero-order chi connectivity index (χ0) is 15.5. The first-order chi connectivity index (χ1) is 9.92. The van der Waals surface area contributed by atoms with E-state index in [0.717, 1.165) is 12.1 Å². The number of rotatable bonds is 6. The van der Waals surface area contributed by atoms with E-state index in [9.17, 15) is 8.42 Å². The predicted molar refractivity (Wildman–Crippen MR) is 85.5 cm³/mol. The van der Waals surface area contributed by atoms with Gasteiger partial charge in [0.05, 0.1) is 27.7 Å². The molecular formula is C13H15BrClN3O2S. The van der Waals surface area contributed by atoms with Gasteiger partial charge in [0.15, 0.2) is 9.84 Å². The lowest BCUT2D eigenvalue weighted by Crippen LogP contribution is -2.13. The van der Waals surface area contributed by atoms with E-state index in [2.05, 4.69) is 26.2 Å². The lowest BCUT2D eigenvalue weighted by atomic mass is 10.3. The van der Waals surface area contributed by atoms with Crippen molar-refractivity contribution in [3.05, 3.63) is 41.2 Å². The maximum Gasteiger partial charge on any atom is 0.180 e. The maximum absolute atomic E-state index is 12.2. The van der Waals surface area contributed by atoms with Gasteiger partial charge < -0.3 is 0 Å². The molecule has 2 rings (SSSR count). The van der Waals surface area contributed by atoms with Crippen molar-refractivity contribution in [1.82, 2.24) is 15.0 Å². The summed E-state index contributed by atoms with van der Waals surface area (Å²) in [5.74, 6) is -0.0312. The number of benzene rings is 1. The van der Waals surface area contributed by atoms with E-state index in [-0.39, 0.29) is 22.0 Å². The van der Waals surface area contributed by atoms with Crippen LogP contribution in [-0.2, 0) is 16.4 Å². The van der Waals surface area contributed by atoms with Gasteiger partial charge in [0, 0.05) is 11.2 Å². The summed E-state index contributed by atoms with van der Waals surface area (Å²) in [6.45, 7) is 2.30. The molecule has 0 spiro atoms. The second kappa shape index (κ2) is 6.89. The molecule has 0 fully saturated rings. The summed E-state index contributed by atoms with van der Waals surface area (Å²) in [7, 11) is -3.35. The molecule has 0 saturated carbocycles. The van der Waals surface area contributed by atoms with Gasteiger partial charge in [-0.05, 0) is 30.7 Å². The number of sulfone groups is 1. The monoisotopic (exact) mass is 391 g/mol. The van der Waals surface area contributed by atoms with Crippen molar-refractivity contribution in [2.75, 3.05) is 5.75 Å². The summed E-state index contributed by atoms with van der Waals surface area (Å²) in [6.07, 6.45) is 2.65. The zero-order valence-corrected chi connectivity index (χ0v) is 14.6. The lowest BCUT2D eigenvalue weighted by molar-refractivity contribution is 0.575. The molecule has 8 heteroatoms. The molecule has 21 heavy (non-hydrogen) atoms. The van der Waals surface area contributed by atoms with Crippen LogP contribution in [0, 0.1) is 0 Å². The van der Waals surface area contributed by atoms with Crippen LogP contribution in [-0.4, -0.2) is 29.2 Å². The molecule has 0 aliphatic carbocycles. The Labute approximate surface area is 137 Å². The summed E-state index contributed by atoms with van der Waals surface area (Å²) in [5, 5.41) is 8.48. The summed E-state index contributed by atoms with van der Waals surface area (Å²) >= 11 is 9.24. The quantitative estimate of drug-likeness (QED) is 0.708. The topological polar surface area (TPSA) is 64.8 Å². The molecule has 0 aliphatic rings. The van der Waals surface area contributed by atoms with Crippen LogP contribution >= 0.6 is 27.5 Å². The van der Waals surface area contributed by atoms with Crippen LogP contribution in [0.4, 0.5) is 0 Å². The van der Waals surface area contributed by atoms with Crippen LogP contribution in [0.2, 0.25) is 5.02 Å². The summed E-state index contributed by atoms with van der Waals surface area (Å²) in [5.41, 5.74) is 0.807. The molecule has 5 nitrogen and oxygen atoms in total. The SMILES string of the molecule is CCC(Br)c1cn(CCS(=O)(=O)c2ccc(Cl)cc2)nn1. The predicted octanol–water partition coefficient (Wildman–Crippen LogP) is 3.25. The van der Waals surface area contributed by atoms with Crippen molar-refractivity contribution in [2.45, 2.75) is 29.6 Å². The number of hydrogen-bond acceptors (Lipinski definition) is 4. The van der Waals surface area contributed by atoms with Crippen LogP contribution in [0.1, 0.15) is 23.9 Å². The van der Waals surface area contributed by atoms with Crippen molar-refractivity contribution in [1.29, 1.82) is 0 Å². The molecule has 0 N–H and O–H groups in total. The zero-order valence-electron chi connectivity index (χ0n) is 11.4. The Balaban J connectivity index is 2.05. The van der Waals surface area contributed by atoms with Crippen LogP contribution < -0.4 is 0 Å². The van der Waals surface area contributed by atoms with Crippen LogP contribution in [0.15, 0.2) is 35.4 Å². The third-order valence-corrected chi connectivity index (χ3v) is 6.08. The largest absolute Gasteiger partial charge is 0.251 e. The highest BCUT2D eigenvalue weighted by molar-refractivity contribution is 9.09. The highest BCUT2D eigenvalue weighted by atomic mass is 79.9. The van der Waals surface area contributed by atoms with Crippen molar-refractivity contribution in [3.8, 4) is 0 Å². The normalized spacial score (nSPS) is 13.3. The van der Waals surface area contributed by atoms with Gasteiger partial charge in [-0.2, -0.15) is 0 Å². The Bertz CT molecular complexity index is 700. The van der Waals surface area contributed by atoms with Gasteiger partial charge in [0.25, 0.3) is 0 Å². The van der Waals surface area contributed by atoms with Gasteiger partial charge in [-0.15, -0.1) is 5.10 Å². The standard InChI is InChI=1S/C13H15BrClN3O2S/c1-2-12(14)13-9-18(17-16-13)7-8-21(19,20)11-5-3-10(15)4-6-11/h3-6,9,12H,2,7-8H2,1H3. The van der Waals surface area contributed by atoms with E-state index in [4.69, 9.17) is 11.6 Å². The number of halogens is 2. The van der Waals surface area contributed by atoms with E-state index >= 15 is 0 Å². The van der Waals surface area contributed by atoms with Gasteiger partial charge in [-0.25, -0.2) is 8.42 Å². The third kappa shape index (κ3) is 4.28. The Morgan fingerprint density at radius 2 is 2.00 bits per heavy atom. The van der Waals surface area contributed by atoms with E-state index in [1.54, 1.807) is 23.0 Å². The summed E-state index contributed by atoms with van der Waals surface area (Å²) < 4.78 is 25.9. The lowest BCUT2D eigenvalue weighted by Gasteiger charge is -2.04. The molecule has 114 valence electrons. The number of alkyl halides is 1. The average molecular weight is 393 g/mol. The van der Waals surface area contributed by atoms with Crippen LogP contribution in [0.5, 0.6) is 0 Å². The number of aryl methyl sites for hydroxylation is 1. The van der Waals surface area contributed by atoms with E-state index in [0.29, 0.717) is 5.02 Å². The minimum Gasteiger partial charge on any atom is -0.251 e. The molecule has 1 atom stereocenters. The minimum absolute atomic E-state index is 0.0312. The first-order valence-corrected chi connectivity index (χ1v) is 9.39. The Kier molecular flexibility index (Phi) is 5.40. The van der Waals surface area contributed by atoms with E-state index in [1.165, 1.54) is 12.1 Å². The fourth-order valence-electron chi connectivity index (χ4n) is 1.75. The molecule has 1 heterocycles. The first kappa shape index (κ1) is 16.5. The van der Waals surface area contributed by atoms with Gasteiger partial charge >= 0.3 is 0 Å². The molecule has 1 unspecified atom stereocenters. The number of hydrogen-bond donors (Lipinski definition) is 0. The second-order valence-corrected chi connectivity index (χ2v) is 8.21. The average Bonchev–Trinajstić information content (AvgIpc) is 2.94. The Hall–Kier alpha value is -0.920. The first-order valence-electron chi connectivity index (χ1n) is 6.45. The third-order valence-electron chi connectivity index (χ3n) is 3.00. The maximum atomic E-state index is 12.2. The van der Waals surface area contributed by atoms with Gasteiger partial charge in [-0.1, -0.05) is 39.7 Å². The van der Waals surface area contributed by atoms with E-state index in [1.807, 2.05) is 6.92 Å². The van der Waals surface area contributed by atoms with Crippen LogP contribution in [0.3, 0.4) is 0 Å². The van der Waals surface area contributed by atoms with Crippen LogP contribution in [0.25, 0.3) is 0 Å². The fourth-order valence-corrected chi connectivity index (χ4v) is 3.30. The summed E-state index contributed by atoms with van der Waals surface area (Å²) in [6, 6.07) is 6.16. The van der Waals surface area contributed by atoms with Gasteiger partial charge in [-0.3, -0.25) is 4.68 Å². The summed E-state index contributed by atoms with van der Waals surface area (Å²) in [4.78, 5) is 0.401. The highest BCUT2D eigenvalue weighted by Gasteiger charge is 2.16. The molecule has 0 amide bonds. The van der Waals surface area contributed by atoms with E-state index < -0.39 is 9.84 Å². The Morgan fingerprint density at radius 1 is 1.33 bits per heavy atom. The van der Waals surface area contributed by atoms with Crippen molar-refractivity contribution in [2.24, 2.45) is 0 Å². The molecule has 2 aromatic rings. The molecule has 1 aromatic carbocycles. The van der Waals surface area contributed by atoms with Crippen molar-refractivity contribution < 1.29 is 8.42 Å². The molecule has 0 saturated heterocycles. The minimum atomic E-state index is -3.35. The fraction of sp³-hybridized carbons (Fsp3) is 0.385. The molecule has 0 aliphatic heterocycles. The number of nitrogens with zero attached hydrogens (tertiary/aromatic N) is 3. The number of aromatic nitrogens is 3. The molecular weight excluding hydrogens is 378 g/mol.